The van der Waals surface area contributed by atoms with Crippen LogP contribution in [0.1, 0.15) is 28.9 Å². The molecule has 0 bridgehead atoms. The molecule has 0 fully saturated rings. The number of carbonyl (C=O) groups is 1. The number of likely N-dealkylation sites (N-methyl/N-ethyl adjacent to an activating group) is 1. The summed E-state index contributed by atoms with van der Waals surface area (Å²) in [7, 11) is 3.96. The zero-order valence-electron chi connectivity index (χ0n) is 14.7. The quantitative estimate of drug-likeness (QED) is 0.873. The van der Waals surface area contributed by atoms with Gasteiger partial charge in [-0.15, -0.1) is 0 Å². The SMILES string of the molecule is CC1Oc2ccccc2C1NC(=O)c1ccc(OCCN(C)C)nc1. The van der Waals surface area contributed by atoms with Crippen LogP contribution in [-0.2, 0) is 0 Å². The highest BCUT2D eigenvalue weighted by molar-refractivity contribution is 5.94. The van der Waals surface area contributed by atoms with Crippen LogP contribution >= 0.6 is 0 Å². The highest BCUT2D eigenvalue weighted by Crippen LogP contribution is 2.36. The van der Waals surface area contributed by atoms with E-state index in [1.54, 1.807) is 12.1 Å². The van der Waals surface area contributed by atoms with Gasteiger partial charge in [-0.25, -0.2) is 4.98 Å². The molecule has 0 aliphatic carbocycles. The van der Waals surface area contributed by atoms with Crippen molar-refractivity contribution in [2.24, 2.45) is 0 Å². The lowest BCUT2D eigenvalue weighted by Gasteiger charge is -2.17. The van der Waals surface area contributed by atoms with Crippen molar-refractivity contribution in [3.05, 3.63) is 53.7 Å². The fraction of sp³-hybridized carbons (Fsp3) is 0.368. The predicted molar refractivity (Wildman–Crippen MR) is 95.0 cm³/mol. The van der Waals surface area contributed by atoms with Crippen LogP contribution in [0.5, 0.6) is 11.6 Å². The zero-order chi connectivity index (χ0) is 17.8. The van der Waals surface area contributed by atoms with Crippen LogP contribution < -0.4 is 14.8 Å². The van der Waals surface area contributed by atoms with E-state index in [2.05, 4.69) is 10.3 Å². The normalized spacial score (nSPS) is 18.6. The van der Waals surface area contributed by atoms with Crippen LogP contribution in [0.3, 0.4) is 0 Å². The molecule has 25 heavy (non-hydrogen) atoms. The second-order valence-corrected chi connectivity index (χ2v) is 6.35. The van der Waals surface area contributed by atoms with E-state index in [0.717, 1.165) is 17.9 Å². The lowest BCUT2D eigenvalue weighted by molar-refractivity contribution is 0.0908. The summed E-state index contributed by atoms with van der Waals surface area (Å²) in [5.74, 6) is 1.16. The Morgan fingerprint density at radius 2 is 2.08 bits per heavy atom. The molecular formula is C19H23N3O3. The average molecular weight is 341 g/mol. The van der Waals surface area contributed by atoms with Gasteiger partial charge >= 0.3 is 0 Å². The number of carbonyl (C=O) groups excluding carboxylic acids is 1. The van der Waals surface area contributed by atoms with Crippen molar-refractivity contribution < 1.29 is 14.3 Å². The number of nitrogens with zero attached hydrogens (tertiary/aromatic N) is 2. The predicted octanol–water partition coefficient (Wildman–Crippen LogP) is 2.27. The third kappa shape index (κ3) is 4.09. The Morgan fingerprint density at radius 1 is 1.28 bits per heavy atom. The third-order valence-corrected chi connectivity index (χ3v) is 4.11. The molecule has 2 unspecified atom stereocenters. The van der Waals surface area contributed by atoms with Crippen LogP contribution in [0.4, 0.5) is 0 Å². The molecule has 1 aliphatic rings. The second kappa shape index (κ2) is 7.53. The van der Waals surface area contributed by atoms with Crippen molar-refractivity contribution in [2.45, 2.75) is 19.1 Å². The minimum atomic E-state index is -0.176. The molecule has 6 nitrogen and oxygen atoms in total. The van der Waals surface area contributed by atoms with Gasteiger partial charge in [0, 0.05) is 24.4 Å². The number of amides is 1. The number of para-hydroxylation sites is 1. The van der Waals surface area contributed by atoms with E-state index in [9.17, 15) is 4.79 Å². The summed E-state index contributed by atoms with van der Waals surface area (Å²) in [6, 6.07) is 11.0. The molecule has 1 aliphatic heterocycles. The van der Waals surface area contributed by atoms with E-state index < -0.39 is 0 Å². The van der Waals surface area contributed by atoms with Crippen LogP contribution in [0.25, 0.3) is 0 Å². The minimum absolute atomic E-state index is 0.108. The van der Waals surface area contributed by atoms with Gasteiger partial charge in [0.05, 0.1) is 11.6 Å². The number of nitrogens with one attached hydrogen (secondary N) is 1. The molecule has 1 amide bonds. The Hall–Kier alpha value is -2.60. The van der Waals surface area contributed by atoms with E-state index in [1.807, 2.05) is 50.2 Å². The molecule has 2 atom stereocenters. The molecule has 1 aromatic carbocycles. The van der Waals surface area contributed by atoms with Crippen molar-refractivity contribution in [1.29, 1.82) is 0 Å². The van der Waals surface area contributed by atoms with E-state index in [0.29, 0.717) is 18.1 Å². The van der Waals surface area contributed by atoms with Gasteiger partial charge in [-0.3, -0.25) is 4.79 Å². The van der Waals surface area contributed by atoms with Crippen molar-refractivity contribution in [2.75, 3.05) is 27.2 Å². The molecule has 0 saturated carbocycles. The first-order valence-corrected chi connectivity index (χ1v) is 8.34. The largest absolute Gasteiger partial charge is 0.488 e. The molecule has 1 N–H and O–H groups in total. The fourth-order valence-electron chi connectivity index (χ4n) is 2.72. The summed E-state index contributed by atoms with van der Waals surface area (Å²) in [6.07, 6.45) is 1.43. The first-order chi connectivity index (χ1) is 12.0. The van der Waals surface area contributed by atoms with Gasteiger partial charge in [-0.2, -0.15) is 0 Å². The number of hydrogen-bond acceptors (Lipinski definition) is 5. The third-order valence-electron chi connectivity index (χ3n) is 4.11. The van der Waals surface area contributed by atoms with Gasteiger partial charge in [-0.1, -0.05) is 18.2 Å². The average Bonchev–Trinajstić information content (AvgIpc) is 2.91. The highest BCUT2D eigenvalue weighted by atomic mass is 16.5. The summed E-state index contributed by atoms with van der Waals surface area (Å²) in [6.45, 7) is 3.31. The topological polar surface area (TPSA) is 63.7 Å². The number of benzene rings is 1. The van der Waals surface area contributed by atoms with Gasteiger partial charge in [0.15, 0.2) is 0 Å². The molecule has 0 radical (unpaired) electrons. The monoisotopic (exact) mass is 341 g/mol. The lowest BCUT2D eigenvalue weighted by atomic mass is 10.0. The van der Waals surface area contributed by atoms with Crippen LogP contribution in [-0.4, -0.2) is 49.1 Å². The molecule has 132 valence electrons. The zero-order valence-corrected chi connectivity index (χ0v) is 14.7. The Labute approximate surface area is 147 Å². The van der Waals surface area contributed by atoms with Crippen molar-refractivity contribution in [3.63, 3.8) is 0 Å². The first kappa shape index (κ1) is 17.2. The summed E-state index contributed by atoms with van der Waals surface area (Å²) in [4.78, 5) is 18.8. The number of hydrogen-bond donors (Lipinski definition) is 1. The molecule has 1 aromatic heterocycles. The smallest absolute Gasteiger partial charge is 0.253 e. The van der Waals surface area contributed by atoms with Crippen LogP contribution in [0.15, 0.2) is 42.6 Å². The molecular weight excluding hydrogens is 318 g/mol. The maximum absolute atomic E-state index is 12.5. The summed E-state index contributed by atoms with van der Waals surface area (Å²) in [5, 5.41) is 3.03. The number of rotatable bonds is 6. The van der Waals surface area contributed by atoms with Crippen LogP contribution in [0, 0.1) is 0 Å². The molecule has 6 heteroatoms. The van der Waals surface area contributed by atoms with Gasteiger partial charge in [-0.05, 0) is 33.2 Å². The number of pyridine rings is 1. The minimum Gasteiger partial charge on any atom is -0.488 e. The maximum Gasteiger partial charge on any atom is 0.253 e. The van der Waals surface area contributed by atoms with Crippen LogP contribution in [0.2, 0.25) is 0 Å². The van der Waals surface area contributed by atoms with E-state index in [4.69, 9.17) is 9.47 Å². The Bertz CT molecular complexity index is 731. The highest BCUT2D eigenvalue weighted by Gasteiger charge is 2.32. The molecule has 2 aromatic rings. The van der Waals surface area contributed by atoms with E-state index in [-0.39, 0.29) is 18.1 Å². The van der Waals surface area contributed by atoms with Gasteiger partial charge in [0.25, 0.3) is 5.91 Å². The first-order valence-electron chi connectivity index (χ1n) is 8.34. The van der Waals surface area contributed by atoms with Crippen molar-refractivity contribution >= 4 is 5.91 Å². The lowest BCUT2D eigenvalue weighted by Crippen LogP contribution is -2.33. The Morgan fingerprint density at radius 3 is 2.80 bits per heavy atom. The van der Waals surface area contributed by atoms with Gasteiger partial charge in [0.2, 0.25) is 5.88 Å². The van der Waals surface area contributed by atoms with Crippen molar-refractivity contribution in [3.8, 4) is 11.6 Å². The maximum atomic E-state index is 12.5. The Balaban J connectivity index is 1.62. The fourth-order valence-corrected chi connectivity index (χ4v) is 2.72. The standard InChI is InChI=1S/C19H23N3O3/c1-13-18(15-6-4-5-7-16(15)25-13)21-19(23)14-8-9-17(20-12-14)24-11-10-22(2)3/h4-9,12-13,18H,10-11H2,1-3H3,(H,21,23). The molecule has 0 saturated heterocycles. The van der Waals surface area contributed by atoms with E-state index >= 15 is 0 Å². The molecule has 0 spiro atoms. The Kier molecular flexibility index (Phi) is 5.19. The summed E-state index contributed by atoms with van der Waals surface area (Å²) < 4.78 is 11.3. The number of aromatic nitrogens is 1. The summed E-state index contributed by atoms with van der Waals surface area (Å²) >= 11 is 0. The number of fused-ring (bicyclic) bond motifs is 1. The molecule has 2 heterocycles. The molecule has 3 rings (SSSR count). The van der Waals surface area contributed by atoms with Gasteiger partial charge < -0.3 is 19.7 Å². The number of ether oxygens (including phenoxy) is 2. The summed E-state index contributed by atoms with van der Waals surface area (Å²) in [5.41, 5.74) is 1.50. The second-order valence-electron chi connectivity index (χ2n) is 6.35. The van der Waals surface area contributed by atoms with Crippen molar-refractivity contribution in [1.82, 2.24) is 15.2 Å². The van der Waals surface area contributed by atoms with Gasteiger partial charge in [0.1, 0.15) is 18.5 Å². The van der Waals surface area contributed by atoms with E-state index in [1.165, 1.54) is 6.20 Å².